The van der Waals surface area contributed by atoms with E-state index in [1.807, 2.05) is 11.3 Å². The number of rotatable bonds is 7. The minimum absolute atomic E-state index is 1.11. The second-order valence-electron chi connectivity index (χ2n) is 12.2. The van der Waals surface area contributed by atoms with Gasteiger partial charge in [0.15, 0.2) is 0 Å². The molecule has 0 N–H and O–H groups in total. The van der Waals surface area contributed by atoms with Crippen molar-refractivity contribution in [3.8, 4) is 11.1 Å². The van der Waals surface area contributed by atoms with Crippen LogP contribution in [0.5, 0.6) is 0 Å². The number of hydrogen-bond acceptors (Lipinski definition) is 3. The average Bonchev–Trinajstić information content (AvgIpc) is 3.55. The van der Waals surface area contributed by atoms with Crippen LogP contribution in [0, 0.1) is 0 Å². The van der Waals surface area contributed by atoms with Gasteiger partial charge in [-0.25, -0.2) is 0 Å². The van der Waals surface area contributed by atoms with Crippen LogP contribution in [0.2, 0.25) is 0 Å². The molecule has 0 aliphatic rings. The zero-order valence-electron chi connectivity index (χ0n) is 26.8. The molecule has 0 aliphatic carbocycles. The van der Waals surface area contributed by atoms with Crippen LogP contribution in [0.3, 0.4) is 0 Å². The Bertz CT molecular complexity index is 2500. The largest absolute Gasteiger partial charge is 0.311 e. The van der Waals surface area contributed by atoms with Crippen LogP contribution in [0.1, 0.15) is 0 Å². The monoisotopic (exact) mass is 644 g/mol. The number of nitrogens with zero attached hydrogens (tertiary/aromatic N) is 2. The Morgan fingerprint density at radius 1 is 0.306 bits per heavy atom. The molecule has 0 saturated carbocycles. The summed E-state index contributed by atoms with van der Waals surface area (Å²) in [4.78, 5) is 4.70. The van der Waals surface area contributed by atoms with Crippen molar-refractivity contribution in [1.29, 1.82) is 0 Å². The van der Waals surface area contributed by atoms with Gasteiger partial charge in [-0.05, 0) is 107 Å². The zero-order valence-corrected chi connectivity index (χ0v) is 27.6. The van der Waals surface area contributed by atoms with Gasteiger partial charge >= 0.3 is 0 Å². The highest BCUT2D eigenvalue weighted by molar-refractivity contribution is 7.25. The molecular formula is C46H32N2S. The van der Waals surface area contributed by atoms with Crippen molar-refractivity contribution >= 4 is 76.4 Å². The lowest BCUT2D eigenvalue weighted by Crippen LogP contribution is -2.10. The molecule has 0 unspecified atom stereocenters. The Kier molecular flexibility index (Phi) is 7.38. The molecule has 0 fully saturated rings. The van der Waals surface area contributed by atoms with Gasteiger partial charge in [0.05, 0.1) is 0 Å². The lowest BCUT2D eigenvalue weighted by Gasteiger charge is -2.27. The third-order valence-corrected chi connectivity index (χ3v) is 10.4. The molecule has 2 nitrogen and oxygen atoms in total. The van der Waals surface area contributed by atoms with Gasteiger partial charge in [-0.15, -0.1) is 11.3 Å². The number of benzene rings is 8. The summed E-state index contributed by atoms with van der Waals surface area (Å²) in [6, 6.07) is 69.8. The molecule has 0 bridgehead atoms. The molecule has 1 aromatic heterocycles. The topological polar surface area (TPSA) is 6.48 Å². The average molecular weight is 645 g/mol. The van der Waals surface area contributed by atoms with Gasteiger partial charge in [0, 0.05) is 54.3 Å². The summed E-state index contributed by atoms with van der Waals surface area (Å²) in [5.41, 5.74) is 9.13. The predicted molar refractivity (Wildman–Crippen MR) is 212 cm³/mol. The number of para-hydroxylation sites is 3. The molecule has 0 spiro atoms. The maximum Gasteiger partial charge on any atom is 0.0474 e. The molecule has 0 amide bonds. The first kappa shape index (κ1) is 29.0. The van der Waals surface area contributed by atoms with Crippen LogP contribution < -0.4 is 9.80 Å². The molecule has 0 atom stereocenters. The highest BCUT2D eigenvalue weighted by atomic mass is 32.1. The molecule has 0 aliphatic heterocycles. The SMILES string of the molecule is c1ccc(N(c2ccccc2)c2ccc(-c3cc(N(c4ccccc4)c4ccc5sc6ccccc6c5c4)cc4ccccc34)cc2)cc1. The Hall–Kier alpha value is -6.16. The molecule has 8 aromatic carbocycles. The van der Waals surface area contributed by atoms with Crippen molar-refractivity contribution in [3.63, 3.8) is 0 Å². The minimum Gasteiger partial charge on any atom is -0.311 e. The van der Waals surface area contributed by atoms with E-state index in [0.717, 1.165) is 34.1 Å². The van der Waals surface area contributed by atoms with Gasteiger partial charge in [0.25, 0.3) is 0 Å². The smallest absolute Gasteiger partial charge is 0.0474 e. The van der Waals surface area contributed by atoms with E-state index >= 15 is 0 Å². The molecule has 9 aromatic rings. The Morgan fingerprint density at radius 3 is 1.45 bits per heavy atom. The first-order chi connectivity index (χ1) is 24.3. The number of thiophene rings is 1. The number of hydrogen-bond donors (Lipinski definition) is 0. The minimum atomic E-state index is 1.11. The molecule has 232 valence electrons. The highest BCUT2D eigenvalue weighted by Crippen LogP contribution is 2.44. The van der Waals surface area contributed by atoms with Crippen LogP contribution in [0.15, 0.2) is 194 Å². The first-order valence-electron chi connectivity index (χ1n) is 16.6. The van der Waals surface area contributed by atoms with Gasteiger partial charge in [-0.2, -0.15) is 0 Å². The van der Waals surface area contributed by atoms with Crippen molar-refractivity contribution in [1.82, 2.24) is 0 Å². The maximum atomic E-state index is 2.39. The molecule has 3 heteroatoms. The van der Waals surface area contributed by atoms with Crippen molar-refractivity contribution in [3.05, 3.63) is 194 Å². The Balaban J connectivity index is 1.19. The van der Waals surface area contributed by atoms with Crippen LogP contribution >= 0.6 is 11.3 Å². The van der Waals surface area contributed by atoms with E-state index in [4.69, 9.17) is 0 Å². The number of anilines is 6. The second kappa shape index (κ2) is 12.5. The summed E-state index contributed by atoms with van der Waals surface area (Å²) in [7, 11) is 0. The molecule has 9 rings (SSSR count). The standard InChI is InChI=1S/C46H32N2S/c1-4-15-35(16-5-1)47(36-17-6-2-7-18-36)38-26-24-33(25-27-38)43-32-40(30-34-14-10-11-21-41(34)43)48(37-19-8-3-9-20-37)39-28-29-46-44(31-39)42-22-12-13-23-45(42)49-46/h1-32H. The van der Waals surface area contributed by atoms with E-state index in [2.05, 4.69) is 204 Å². The normalized spacial score (nSPS) is 11.3. The summed E-state index contributed by atoms with van der Waals surface area (Å²) in [5.74, 6) is 0. The van der Waals surface area contributed by atoms with Crippen molar-refractivity contribution in [2.45, 2.75) is 0 Å². The quantitative estimate of drug-likeness (QED) is 0.170. The fraction of sp³-hybridized carbons (Fsp3) is 0. The van der Waals surface area contributed by atoms with Gasteiger partial charge < -0.3 is 9.80 Å². The van der Waals surface area contributed by atoms with Crippen LogP contribution in [0.4, 0.5) is 34.1 Å². The third kappa shape index (κ3) is 5.41. The van der Waals surface area contributed by atoms with E-state index in [1.54, 1.807) is 0 Å². The van der Waals surface area contributed by atoms with Gasteiger partial charge in [-0.1, -0.05) is 109 Å². The highest BCUT2D eigenvalue weighted by Gasteiger charge is 2.18. The van der Waals surface area contributed by atoms with E-state index in [-0.39, 0.29) is 0 Å². The summed E-state index contributed by atoms with van der Waals surface area (Å²) >= 11 is 1.85. The lowest BCUT2D eigenvalue weighted by atomic mass is 9.96. The molecule has 0 radical (unpaired) electrons. The van der Waals surface area contributed by atoms with E-state index in [0.29, 0.717) is 0 Å². The molecule has 0 saturated heterocycles. The van der Waals surface area contributed by atoms with E-state index in [1.165, 1.54) is 42.1 Å². The third-order valence-electron chi connectivity index (χ3n) is 9.20. The summed E-state index contributed by atoms with van der Waals surface area (Å²) in [5, 5.41) is 5.03. The lowest BCUT2D eigenvalue weighted by molar-refractivity contribution is 1.28. The van der Waals surface area contributed by atoms with Crippen molar-refractivity contribution < 1.29 is 0 Å². The van der Waals surface area contributed by atoms with Crippen LogP contribution in [-0.2, 0) is 0 Å². The molecule has 1 heterocycles. The van der Waals surface area contributed by atoms with Gasteiger partial charge in [-0.3, -0.25) is 0 Å². The predicted octanol–water partition coefficient (Wildman–Crippen LogP) is 13.8. The van der Waals surface area contributed by atoms with Gasteiger partial charge in [0.1, 0.15) is 0 Å². The summed E-state index contributed by atoms with van der Waals surface area (Å²) in [6.45, 7) is 0. The van der Waals surface area contributed by atoms with Crippen LogP contribution in [0.25, 0.3) is 42.1 Å². The summed E-state index contributed by atoms with van der Waals surface area (Å²) < 4.78 is 2.62. The zero-order chi connectivity index (χ0) is 32.6. The van der Waals surface area contributed by atoms with E-state index < -0.39 is 0 Å². The fourth-order valence-electron chi connectivity index (χ4n) is 6.93. The van der Waals surface area contributed by atoms with Crippen molar-refractivity contribution in [2.75, 3.05) is 9.80 Å². The van der Waals surface area contributed by atoms with Crippen LogP contribution in [-0.4, -0.2) is 0 Å². The fourth-order valence-corrected chi connectivity index (χ4v) is 8.02. The van der Waals surface area contributed by atoms with E-state index in [9.17, 15) is 0 Å². The maximum absolute atomic E-state index is 2.39. The molecular weight excluding hydrogens is 613 g/mol. The Morgan fingerprint density at radius 2 is 0.796 bits per heavy atom. The van der Waals surface area contributed by atoms with Crippen molar-refractivity contribution in [2.24, 2.45) is 0 Å². The number of fused-ring (bicyclic) bond motifs is 4. The summed E-state index contributed by atoms with van der Waals surface area (Å²) in [6.07, 6.45) is 0. The van der Waals surface area contributed by atoms with Gasteiger partial charge in [0.2, 0.25) is 0 Å². The first-order valence-corrected chi connectivity index (χ1v) is 17.4. The second-order valence-corrected chi connectivity index (χ2v) is 13.3. The Labute approximate surface area is 290 Å². The molecule has 49 heavy (non-hydrogen) atoms.